The van der Waals surface area contributed by atoms with Crippen molar-refractivity contribution in [2.24, 2.45) is 0 Å². The van der Waals surface area contributed by atoms with Crippen LogP contribution in [0.3, 0.4) is 0 Å². The first-order chi connectivity index (χ1) is 12.7. The minimum atomic E-state index is 0.659. The fraction of sp³-hybridized carbons (Fsp3) is 0.136. The molecule has 0 saturated carbocycles. The molecule has 0 radical (unpaired) electrons. The smallest absolute Gasteiger partial charge is 0.162 e. The van der Waals surface area contributed by atoms with Crippen molar-refractivity contribution in [2.45, 2.75) is 6.92 Å². The summed E-state index contributed by atoms with van der Waals surface area (Å²) in [5.41, 5.74) is 6.07. The normalized spacial score (nSPS) is 10.9. The minimum absolute atomic E-state index is 0.659. The van der Waals surface area contributed by atoms with Crippen LogP contribution in [-0.2, 0) is 0 Å². The van der Waals surface area contributed by atoms with Crippen LogP contribution in [0.5, 0.6) is 11.5 Å². The van der Waals surface area contributed by atoms with Crippen molar-refractivity contribution < 1.29 is 13.9 Å². The van der Waals surface area contributed by atoms with Gasteiger partial charge in [-0.3, -0.25) is 0 Å². The van der Waals surface area contributed by atoms with E-state index >= 15 is 0 Å². The van der Waals surface area contributed by atoms with Crippen LogP contribution in [0.1, 0.15) is 5.56 Å². The molecule has 0 unspecified atom stereocenters. The Balaban J connectivity index is 2.04. The molecular formula is C22H19NO3. The molecule has 0 aliphatic rings. The Kier molecular flexibility index (Phi) is 4.09. The highest BCUT2D eigenvalue weighted by Gasteiger charge is 2.14. The number of hydrogen-bond donors (Lipinski definition) is 0. The van der Waals surface area contributed by atoms with E-state index < -0.39 is 0 Å². The summed E-state index contributed by atoms with van der Waals surface area (Å²) in [5, 5.41) is 0.987. The second-order valence-corrected chi connectivity index (χ2v) is 6.16. The Morgan fingerprint density at radius 3 is 2.38 bits per heavy atom. The molecule has 0 aliphatic heterocycles. The fourth-order valence-corrected chi connectivity index (χ4v) is 3.16. The molecule has 0 N–H and O–H groups in total. The van der Waals surface area contributed by atoms with E-state index in [1.165, 1.54) is 5.56 Å². The molecule has 0 amide bonds. The minimum Gasteiger partial charge on any atom is -0.493 e. The van der Waals surface area contributed by atoms with Crippen LogP contribution in [0.2, 0.25) is 0 Å². The van der Waals surface area contributed by atoms with Crippen LogP contribution in [0.4, 0.5) is 0 Å². The number of benzene rings is 2. The van der Waals surface area contributed by atoms with Gasteiger partial charge >= 0.3 is 0 Å². The molecule has 0 fully saturated rings. The maximum Gasteiger partial charge on any atom is 0.162 e. The second-order valence-electron chi connectivity index (χ2n) is 6.16. The molecule has 4 aromatic rings. The van der Waals surface area contributed by atoms with Gasteiger partial charge in [-0.25, -0.2) is 4.98 Å². The van der Waals surface area contributed by atoms with Gasteiger partial charge in [-0.1, -0.05) is 23.8 Å². The standard InChI is InChI=1S/C22H19NO3/c1-14-5-4-6-15(9-14)19-10-17(16-7-8-26-13-16)18-11-21(24-2)22(25-3)12-20(18)23-19/h4-13H,1-3H3. The monoisotopic (exact) mass is 345 g/mol. The molecule has 0 atom stereocenters. The molecule has 130 valence electrons. The summed E-state index contributed by atoms with van der Waals surface area (Å²) in [4.78, 5) is 4.87. The van der Waals surface area contributed by atoms with Crippen molar-refractivity contribution in [1.82, 2.24) is 4.98 Å². The Labute approximate surface area is 152 Å². The van der Waals surface area contributed by atoms with E-state index in [0.717, 1.165) is 33.3 Å². The van der Waals surface area contributed by atoms with E-state index in [9.17, 15) is 0 Å². The molecule has 2 aromatic carbocycles. The average Bonchev–Trinajstić information content (AvgIpc) is 3.20. The summed E-state index contributed by atoms with van der Waals surface area (Å²) < 4.78 is 16.2. The third kappa shape index (κ3) is 2.80. The first-order valence-corrected chi connectivity index (χ1v) is 8.36. The van der Waals surface area contributed by atoms with Gasteiger partial charge in [-0.05, 0) is 36.8 Å². The van der Waals surface area contributed by atoms with Crippen LogP contribution in [0, 0.1) is 6.92 Å². The number of methoxy groups -OCH3 is 2. The van der Waals surface area contributed by atoms with E-state index in [1.54, 1.807) is 26.7 Å². The van der Waals surface area contributed by atoms with E-state index in [1.807, 2.05) is 24.3 Å². The van der Waals surface area contributed by atoms with Gasteiger partial charge in [-0.15, -0.1) is 0 Å². The zero-order valence-corrected chi connectivity index (χ0v) is 14.9. The molecule has 4 nitrogen and oxygen atoms in total. The largest absolute Gasteiger partial charge is 0.493 e. The summed E-state index contributed by atoms with van der Waals surface area (Å²) in [7, 11) is 3.26. The lowest BCUT2D eigenvalue weighted by Crippen LogP contribution is -1.94. The summed E-state index contributed by atoms with van der Waals surface area (Å²) in [6, 6.07) is 16.2. The predicted octanol–water partition coefficient (Wildman–Crippen LogP) is 5.49. The molecule has 0 aliphatic carbocycles. The van der Waals surface area contributed by atoms with Gasteiger partial charge in [0.25, 0.3) is 0 Å². The number of ether oxygens (including phenoxy) is 2. The van der Waals surface area contributed by atoms with Gasteiger partial charge in [-0.2, -0.15) is 0 Å². The lowest BCUT2D eigenvalue weighted by molar-refractivity contribution is 0.356. The number of aromatic nitrogens is 1. The molecule has 2 heterocycles. The number of pyridine rings is 1. The summed E-state index contributed by atoms with van der Waals surface area (Å²) in [6.07, 6.45) is 3.42. The quantitative estimate of drug-likeness (QED) is 0.491. The fourth-order valence-electron chi connectivity index (χ4n) is 3.16. The topological polar surface area (TPSA) is 44.5 Å². The van der Waals surface area contributed by atoms with Gasteiger partial charge in [0.05, 0.1) is 38.0 Å². The molecule has 0 saturated heterocycles. The van der Waals surface area contributed by atoms with E-state index in [4.69, 9.17) is 18.9 Å². The third-order valence-corrected chi connectivity index (χ3v) is 4.46. The number of fused-ring (bicyclic) bond motifs is 1. The van der Waals surface area contributed by atoms with Gasteiger partial charge < -0.3 is 13.9 Å². The Hall–Kier alpha value is -3.27. The van der Waals surface area contributed by atoms with Crippen molar-refractivity contribution in [3.63, 3.8) is 0 Å². The lowest BCUT2D eigenvalue weighted by atomic mass is 9.99. The Morgan fingerprint density at radius 2 is 1.69 bits per heavy atom. The predicted molar refractivity (Wildman–Crippen MR) is 103 cm³/mol. The van der Waals surface area contributed by atoms with Crippen LogP contribution < -0.4 is 9.47 Å². The highest BCUT2D eigenvalue weighted by atomic mass is 16.5. The van der Waals surface area contributed by atoms with Gasteiger partial charge in [0.15, 0.2) is 11.5 Å². The van der Waals surface area contributed by atoms with Gasteiger partial charge in [0.1, 0.15) is 0 Å². The molecule has 0 spiro atoms. The summed E-state index contributed by atoms with van der Waals surface area (Å²) in [5.74, 6) is 1.34. The molecule has 4 heteroatoms. The van der Waals surface area contributed by atoms with E-state index in [0.29, 0.717) is 11.5 Å². The molecule has 2 aromatic heterocycles. The molecule has 4 rings (SSSR count). The van der Waals surface area contributed by atoms with Crippen molar-refractivity contribution in [3.8, 4) is 33.9 Å². The van der Waals surface area contributed by atoms with E-state index in [2.05, 4.69) is 31.2 Å². The van der Waals surface area contributed by atoms with Crippen LogP contribution in [0.15, 0.2) is 65.5 Å². The Morgan fingerprint density at radius 1 is 0.885 bits per heavy atom. The zero-order chi connectivity index (χ0) is 18.1. The maximum absolute atomic E-state index is 5.47. The van der Waals surface area contributed by atoms with Crippen LogP contribution in [0.25, 0.3) is 33.3 Å². The number of aryl methyl sites for hydroxylation is 1. The maximum atomic E-state index is 5.47. The molecule has 0 bridgehead atoms. The lowest BCUT2D eigenvalue weighted by Gasteiger charge is -2.13. The van der Waals surface area contributed by atoms with Crippen LogP contribution in [-0.4, -0.2) is 19.2 Å². The molecular weight excluding hydrogens is 326 g/mol. The summed E-state index contributed by atoms with van der Waals surface area (Å²) in [6.45, 7) is 2.08. The van der Waals surface area contributed by atoms with Gasteiger partial charge in [0, 0.05) is 22.6 Å². The number of furan rings is 1. The first-order valence-electron chi connectivity index (χ1n) is 8.36. The van der Waals surface area contributed by atoms with Gasteiger partial charge in [0.2, 0.25) is 0 Å². The highest BCUT2D eigenvalue weighted by molar-refractivity contribution is 5.98. The number of nitrogens with zero attached hydrogens (tertiary/aromatic N) is 1. The second kappa shape index (κ2) is 6.56. The third-order valence-electron chi connectivity index (χ3n) is 4.46. The number of rotatable bonds is 4. The molecule has 26 heavy (non-hydrogen) atoms. The van der Waals surface area contributed by atoms with Crippen molar-refractivity contribution in [1.29, 1.82) is 0 Å². The number of hydrogen-bond acceptors (Lipinski definition) is 4. The van der Waals surface area contributed by atoms with Crippen LogP contribution >= 0.6 is 0 Å². The van der Waals surface area contributed by atoms with Crippen molar-refractivity contribution >= 4 is 10.9 Å². The van der Waals surface area contributed by atoms with Crippen molar-refractivity contribution in [2.75, 3.05) is 14.2 Å². The first kappa shape index (κ1) is 16.2. The highest BCUT2D eigenvalue weighted by Crippen LogP contribution is 2.38. The SMILES string of the molecule is COc1cc2nc(-c3cccc(C)c3)cc(-c3ccoc3)c2cc1OC. The van der Waals surface area contributed by atoms with Crippen molar-refractivity contribution in [3.05, 3.63) is 66.6 Å². The van der Waals surface area contributed by atoms with E-state index in [-0.39, 0.29) is 0 Å². The average molecular weight is 345 g/mol. The summed E-state index contributed by atoms with van der Waals surface area (Å²) >= 11 is 0. The zero-order valence-electron chi connectivity index (χ0n) is 14.9. The Bertz CT molecular complexity index is 1070.